The summed E-state index contributed by atoms with van der Waals surface area (Å²) in [6, 6.07) is 6.45. The van der Waals surface area contributed by atoms with Crippen LogP contribution >= 0.6 is 0 Å². The summed E-state index contributed by atoms with van der Waals surface area (Å²) in [5, 5.41) is 3.64. The summed E-state index contributed by atoms with van der Waals surface area (Å²) in [4.78, 5) is 0. The van der Waals surface area contributed by atoms with E-state index in [1.54, 1.807) is 14.2 Å². The first kappa shape index (κ1) is 13.7. The average Bonchev–Trinajstić information content (AvgIpc) is 3.23. The summed E-state index contributed by atoms with van der Waals surface area (Å²) in [6.07, 6.45) is 4.18. The Morgan fingerprint density at radius 3 is 2.75 bits per heavy atom. The SMILES string of the molecule is COc1ccc(CNC2CCOC2C2CC2)c(OC)c1. The van der Waals surface area contributed by atoms with Crippen molar-refractivity contribution >= 4 is 0 Å². The first-order valence-electron chi connectivity index (χ1n) is 7.37. The van der Waals surface area contributed by atoms with Crippen LogP contribution in [-0.4, -0.2) is 33.0 Å². The normalized spacial score (nSPS) is 25.7. The third-order valence-electron chi connectivity index (χ3n) is 4.27. The van der Waals surface area contributed by atoms with Gasteiger partial charge in [0.2, 0.25) is 0 Å². The van der Waals surface area contributed by atoms with E-state index < -0.39 is 0 Å². The molecule has 0 bridgehead atoms. The Kier molecular flexibility index (Phi) is 4.13. The van der Waals surface area contributed by atoms with Crippen molar-refractivity contribution in [3.05, 3.63) is 23.8 Å². The molecule has 20 heavy (non-hydrogen) atoms. The second-order valence-electron chi connectivity index (χ2n) is 5.63. The molecular formula is C16H23NO3. The second kappa shape index (κ2) is 6.02. The molecule has 0 amide bonds. The van der Waals surface area contributed by atoms with Crippen LogP contribution in [0.4, 0.5) is 0 Å². The van der Waals surface area contributed by atoms with Crippen LogP contribution in [0.2, 0.25) is 0 Å². The number of hydrogen-bond acceptors (Lipinski definition) is 4. The van der Waals surface area contributed by atoms with E-state index in [1.165, 1.54) is 12.8 Å². The van der Waals surface area contributed by atoms with Gasteiger partial charge in [0.1, 0.15) is 11.5 Å². The van der Waals surface area contributed by atoms with Crippen molar-refractivity contribution in [3.63, 3.8) is 0 Å². The Hall–Kier alpha value is -1.26. The standard InChI is InChI=1S/C16H23NO3/c1-18-13-6-5-12(15(9-13)19-2)10-17-14-7-8-20-16(14)11-3-4-11/h5-6,9,11,14,16-17H,3-4,7-8,10H2,1-2H3. The Bertz CT molecular complexity index is 459. The first-order valence-corrected chi connectivity index (χ1v) is 7.37. The molecule has 1 aromatic rings. The molecule has 2 atom stereocenters. The second-order valence-corrected chi connectivity index (χ2v) is 5.63. The number of ether oxygens (including phenoxy) is 3. The molecule has 2 unspecified atom stereocenters. The molecule has 1 heterocycles. The predicted molar refractivity (Wildman–Crippen MR) is 77.3 cm³/mol. The monoisotopic (exact) mass is 277 g/mol. The van der Waals surface area contributed by atoms with Gasteiger partial charge in [-0.3, -0.25) is 0 Å². The molecule has 1 saturated carbocycles. The van der Waals surface area contributed by atoms with E-state index >= 15 is 0 Å². The van der Waals surface area contributed by atoms with Crippen molar-refractivity contribution in [2.45, 2.75) is 38.0 Å². The van der Waals surface area contributed by atoms with Gasteiger partial charge in [0.05, 0.1) is 20.3 Å². The molecule has 1 aliphatic carbocycles. The largest absolute Gasteiger partial charge is 0.497 e. The quantitative estimate of drug-likeness (QED) is 0.866. The Labute approximate surface area is 120 Å². The van der Waals surface area contributed by atoms with Gasteiger partial charge in [-0.1, -0.05) is 6.07 Å². The number of benzene rings is 1. The highest BCUT2D eigenvalue weighted by Crippen LogP contribution is 2.39. The molecule has 2 fully saturated rings. The fourth-order valence-electron chi connectivity index (χ4n) is 2.96. The maximum atomic E-state index is 5.86. The van der Waals surface area contributed by atoms with Crippen LogP contribution in [0.15, 0.2) is 18.2 Å². The zero-order valence-corrected chi connectivity index (χ0v) is 12.2. The molecule has 1 aromatic carbocycles. The van der Waals surface area contributed by atoms with Crippen LogP contribution in [-0.2, 0) is 11.3 Å². The molecule has 1 N–H and O–H groups in total. The molecule has 1 saturated heterocycles. The average molecular weight is 277 g/mol. The van der Waals surface area contributed by atoms with Gasteiger partial charge in [-0.25, -0.2) is 0 Å². The van der Waals surface area contributed by atoms with E-state index in [4.69, 9.17) is 14.2 Å². The van der Waals surface area contributed by atoms with Gasteiger partial charge < -0.3 is 19.5 Å². The van der Waals surface area contributed by atoms with E-state index in [2.05, 4.69) is 11.4 Å². The molecular weight excluding hydrogens is 254 g/mol. The molecule has 1 aliphatic heterocycles. The lowest BCUT2D eigenvalue weighted by atomic mass is 10.1. The smallest absolute Gasteiger partial charge is 0.127 e. The lowest BCUT2D eigenvalue weighted by Crippen LogP contribution is -2.37. The third-order valence-corrected chi connectivity index (χ3v) is 4.27. The minimum atomic E-state index is 0.416. The van der Waals surface area contributed by atoms with Crippen LogP contribution in [0.5, 0.6) is 11.5 Å². The maximum absolute atomic E-state index is 5.86. The van der Waals surface area contributed by atoms with Gasteiger partial charge >= 0.3 is 0 Å². The number of nitrogens with one attached hydrogen (secondary N) is 1. The fraction of sp³-hybridized carbons (Fsp3) is 0.625. The summed E-state index contributed by atoms with van der Waals surface area (Å²) in [5.41, 5.74) is 1.16. The number of hydrogen-bond donors (Lipinski definition) is 1. The van der Waals surface area contributed by atoms with E-state index in [-0.39, 0.29) is 0 Å². The van der Waals surface area contributed by atoms with Gasteiger partial charge in [0, 0.05) is 30.8 Å². The highest BCUT2D eigenvalue weighted by atomic mass is 16.5. The Morgan fingerprint density at radius 2 is 2.05 bits per heavy atom. The summed E-state index contributed by atoms with van der Waals surface area (Å²) < 4.78 is 16.5. The van der Waals surface area contributed by atoms with E-state index in [9.17, 15) is 0 Å². The van der Waals surface area contributed by atoms with Crippen molar-refractivity contribution in [1.82, 2.24) is 5.32 Å². The van der Waals surface area contributed by atoms with Crippen LogP contribution in [0, 0.1) is 5.92 Å². The molecule has 4 heteroatoms. The van der Waals surface area contributed by atoms with Gasteiger partial charge in [-0.2, -0.15) is 0 Å². The minimum absolute atomic E-state index is 0.416. The van der Waals surface area contributed by atoms with Crippen molar-refractivity contribution in [2.24, 2.45) is 5.92 Å². The summed E-state index contributed by atoms with van der Waals surface area (Å²) in [6.45, 7) is 1.70. The maximum Gasteiger partial charge on any atom is 0.127 e. The Balaban J connectivity index is 1.62. The molecule has 4 nitrogen and oxygen atoms in total. The predicted octanol–water partition coefficient (Wildman–Crippen LogP) is 2.36. The molecule has 0 radical (unpaired) electrons. The van der Waals surface area contributed by atoms with Gasteiger partial charge in [-0.15, -0.1) is 0 Å². The first-order chi connectivity index (χ1) is 9.81. The topological polar surface area (TPSA) is 39.7 Å². The van der Waals surface area contributed by atoms with Gasteiger partial charge in [-0.05, 0) is 31.2 Å². The van der Waals surface area contributed by atoms with E-state index in [1.807, 2.05) is 12.1 Å². The van der Waals surface area contributed by atoms with Crippen molar-refractivity contribution < 1.29 is 14.2 Å². The molecule has 3 rings (SSSR count). The minimum Gasteiger partial charge on any atom is -0.497 e. The van der Waals surface area contributed by atoms with Crippen LogP contribution in [0.25, 0.3) is 0 Å². The van der Waals surface area contributed by atoms with Crippen molar-refractivity contribution in [1.29, 1.82) is 0 Å². The van der Waals surface area contributed by atoms with Crippen molar-refractivity contribution in [2.75, 3.05) is 20.8 Å². The third kappa shape index (κ3) is 2.91. The molecule has 0 aromatic heterocycles. The summed E-state index contributed by atoms with van der Waals surface area (Å²) in [5.74, 6) is 2.48. The van der Waals surface area contributed by atoms with Gasteiger partial charge in [0.15, 0.2) is 0 Å². The Morgan fingerprint density at radius 1 is 1.20 bits per heavy atom. The van der Waals surface area contributed by atoms with Crippen molar-refractivity contribution in [3.8, 4) is 11.5 Å². The van der Waals surface area contributed by atoms with Gasteiger partial charge in [0.25, 0.3) is 0 Å². The lowest BCUT2D eigenvalue weighted by Gasteiger charge is -2.20. The zero-order valence-electron chi connectivity index (χ0n) is 12.2. The van der Waals surface area contributed by atoms with Crippen LogP contribution < -0.4 is 14.8 Å². The zero-order chi connectivity index (χ0) is 13.9. The molecule has 2 aliphatic rings. The summed E-state index contributed by atoms with van der Waals surface area (Å²) in [7, 11) is 3.37. The van der Waals surface area contributed by atoms with E-state index in [0.717, 1.165) is 42.6 Å². The van der Waals surface area contributed by atoms with E-state index in [0.29, 0.717) is 12.1 Å². The molecule has 0 spiro atoms. The van der Waals surface area contributed by atoms with Crippen LogP contribution in [0.3, 0.4) is 0 Å². The lowest BCUT2D eigenvalue weighted by molar-refractivity contribution is 0.0808. The number of methoxy groups -OCH3 is 2. The fourth-order valence-corrected chi connectivity index (χ4v) is 2.96. The van der Waals surface area contributed by atoms with Crippen LogP contribution in [0.1, 0.15) is 24.8 Å². The summed E-state index contributed by atoms with van der Waals surface area (Å²) >= 11 is 0. The molecule has 110 valence electrons. The highest BCUT2D eigenvalue weighted by molar-refractivity contribution is 5.40. The highest BCUT2D eigenvalue weighted by Gasteiger charge is 2.40. The number of rotatable bonds is 6.